The van der Waals surface area contributed by atoms with Crippen molar-refractivity contribution in [3.63, 3.8) is 0 Å². The lowest BCUT2D eigenvalue weighted by atomic mass is 10.1. The fourth-order valence-electron chi connectivity index (χ4n) is 7.63. The molecule has 2 aliphatic heterocycles. The second-order valence-electron chi connectivity index (χ2n) is 16.4. The number of ether oxygens (including phenoxy) is 2. The van der Waals surface area contributed by atoms with E-state index < -0.39 is 132 Å². The highest BCUT2D eigenvalue weighted by Gasteiger charge is 2.53. The van der Waals surface area contributed by atoms with Crippen LogP contribution in [0.15, 0.2) is 77.0 Å². The Bertz CT molecular complexity index is 3040. The number of aliphatic hydroxyl groups is 1. The second-order valence-corrected chi connectivity index (χ2v) is 20.7. The largest absolute Gasteiger partial charge is 0.606 e. The zero-order valence-electron chi connectivity index (χ0n) is 39.2. The SMILES string of the molecule is Nc1ccccc1C(=O)NCCCO[P+]([O-])(O)O[C@H]1C[C@H](n2cnc3c(N)ncnc32)O[C@@H]1CO[P+]([O-])(O)O[C@H]1[C@@H](O)[C@H](n2ccc(=O)[nH]c2=O)O[C@@H]1COP(=O)(O)OCCCCNc1ccc([N+](=O)[O-])cc1[N+](=O)[O-]. The lowest BCUT2D eigenvalue weighted by Crippen LogP contribution is -2.40. The molecule has 2 aromatic carbocycles. The highest BCUT2D eigenvalue weighted by molar-refractivity contribution is 7.53. The Morgan fingerprint density at radius 3 is 2.41 bits per heavy atom. The molecule has 412 valence electrons. The number of nitro benzene ring substituents is 2. The predicted octanol–water partition coefficient (Wildman–Crippen LogP) is -0.387. The third kappa shape index (κ3) is 14.9. The van der Waals surface area contributed by atoms with Crippen molar-refractivity contribution in [2.24, 2.45) is 0 Å². The number of phosphoric acid groups is 3. The van der Waals surface area contributed by atoms with Crippen LogP contribution in [0, 0.1) is 20.2 Å². The number of para-hydroxylation sites is 1. The van der Waals surface area contributed by atoms with Crippen molar-refractivity contribution in [1.82, 2.24) is 34.4 Å². The molecule has 0 aliphatic carbocycles. The molecule has 2 fully saturated rings. The average Bonchev–Trinajstić information content (AvgIpc) is 4.07. The van der Waals surface area contributed by atoms with Crippen molar-refractivity contribution >= 4 is 69.8 Å². The first-order chi connectivity index (χ1) is 36.0. The standard InChI is InChI=1S/C39H49N12O22P3/c40-24-7-2-1-6-23(24)37(54)43-12-5-15-67-75(62,63)72-27-17-31(49-21-46-32-35(41)44-20-45-36(32)49)70-28(27)18-69-76(64,65)73-34-29(71-38(33(34)53)48-13-10-30(52)47-39(48)55)19-68-74(60,61)66-14-4-3-11-42-25-9-8-22(50(56)57)16-26(25)51(58)59/h1-2,6-10,13,16,20-21,27-29,31,33-34,38,42,53H,3-5,11-12,14-15,17-19,40H2,(H,43,54)(H,60,61)(H,62,63)(H,64,65)(H2,41,44,45)(H,47,52,55)/t27-,28+,29+,31+,33+,34+,38+/m0/s1. The Morgan fingerprint density at radius 2 is 1.67 bits per heavy atom. The summed E-state index contributed by atoms with van der Waals surface area (Å²) in [5.74, 6) is -0.486. The Hall–Kier alpha value is -6.13. The van der Waals surface area contributed by atoms with Crippen LogP contribution < -0.4 is 43.1 Å². The number of anilines is 3. The number of nitro groups is 2. The Balaban J connectivity index is 0.983. The minimum Gasteiger partial charge on any atom is -0.606 e. The quantitative estimate of drug-likeness (QED) is 0.0106. The normalized spacial score (nSPS) is 22.9. The van der Waals surface area contributed by atoms with Crippen molar-refractivity contribution in [2.75, 3.05) is 56.3 Å². The van der Waals surface area contributed by atoms with Gasteiger partial charge in [0.05, 0.1) is 47.6 Å². The molecule has 2 aliphatic rings. The highest BCUT2D eigenvalue weighted by Crippen LogP contribution is 2.55. The molecule has 7 rings (SSSR count). The summed E-state index contributed by atoms with van der Waals surface area (Å²) in [6.45, 7) is -2.75. The van der Waals surface area contributed by atoms with Gasteiger partial charge in [0.1, 0.15) is 54.8 Å². The zero-order valence-corrected chi connectivity index (χ0v) is 41.9. The first-order valence-corrected chi connectivity index (χ1v) is 27.0. The van der Waals surface area contributed by atoms with E-state index in [4.69, 9.17) is 48.1 Å². The molecule has 2 saturated heterocycles. The van der Waals surface area contributed by atoms with Crippen molar-refractivity contribution in [2.45, 2.75) is 68.7 Å². The monoisotopic (exact) mass is 1130 g/mol. The van der Waals surface area contributed by atoms with Gasteiger partial charge in [-0.3, -0.25) is 53.0 Å². The number of amides is 1. The maximum absolute atomic E-state index is 13.7. The number of nitrogens with one attached hydrogen (secondary N) is 3. The molecule has 0 saturated carbocycles. The van der Waals surface area contributed by atoms with Crippen LogP contribution in [0.2, 0.25) is 0 Å². The molecule has 0 radical (unpaired) electrons. The summed E-state index contributed by atoms with van der Waals surface area (Å²) in [7, 11) is -15.5. The molecule has 37 heteroatoms. The predicted molar refractivity (Wildman–Crippen MR) is 256 cm³/mol. The fraction of sp³-hybridized carbons (Fsp3) is 0.436. The minimum absolute atomic E-state index is 0.000894. The number of carbonyl (C=O) groups excluding carboxylic acids is 1. The number of hydrogen-bond acceptors (Lipinski definition) is 27. The number of aromatic amines is 1. The lowest BCUT2D eigenvalue weighted by molar-refractivity contribution is -0.393. The van der Waals surface area contributed by atoms with Gasteiger partial charge in [0.2, 0.25) is 0 Å². The number of carbonyl (C=O) groups is 1. The van der Waals surface area contributed by atoms with E-state index in [2.05, 4.69) is 25.6 Å². The number of benzene rings is 2. The maximum Gasteiger partial charge on any atom is 0.472 e. The van der Waals surface area contributed by atoms with Crippen molar-refractivity contribution < 1.29 is 85.4 Å². The van der Waals surface area contributed by atoms with Gasteiger partial charge in [-0.15, -0.1) is 0 Å². The van der Waals surface area contributed by atoms with Gasteiger partial charge < -0.3 is 51.4 Å². The van der Waals surface area contributed by atoms with Gasteiger partial charge in [-0.05, 0) is 37.5 Å². The zero-order chi connectivity index (χ0) is 55.0. The molecular formula is C39H49N12O22P3. The number of rotatable bonds is 27. The molecule has 34 nitrogen and oxygen atoms in total. The Labute approximate surface area is 427 Å². The van der Waals surface area contributed by atoms with E-state index in [1.54, 1.807) is 12.1 Å². The molecule has 3 aromatic heterocycles. The maximum atomic E-state index is 13.7. The van der Waals surface area contributed by atoms with Crippen LogP contribution in [0.4, 0.5) is 28.6 Å². The van der Waals surface area contributed by atoms with Crippen LogP contribution in [0.5, 0.6) is 0 Å². The summed E-state index contributed by atoms with van der Waals surface area (Å²) in [5.41, 5.74) is 9.55. The Kier molecular flexibility index (Phi) is 18.9. The lowest BCUT2D eigenvalue weighted by Gasteiger charge is -2.28. The molecule has 3 unspecified atom stereocenters. The van der Waals surface area contributed by atoms with E-state index in [1.165, 1.54) is 23.0 Å². The summed E-state index contributed by atoms with van der Waals surface area (Å²) in [6.07, 6.45) is -8.37. The average molecular weight is 1130 g/mol. The van der Waals surface area contributed by atoms with Crippen LogP contribution >= 0.6 is 24.2 Å². The summed E-state index contributed by atoms with van der Waals surface area (Å²) < 4.78 is 58.1. The van der Waals surface area contributed by atoms with Gasteiger partial charge in [0.15, 0.2) is 23.8 Å². The summed E-state index contributed by atoms with van der Waals surface area (Å²) >= 11 is 0. The van der Waals surface area contributed by atoms with Crippen LogP contribution in [-0.2, 0) is 41.2 Å². The van der Waals surface area contributed by atoms with E-state index in [-0.39, 0.29) is 72.7 Å². The van der Waals surface area contributed by atoms with Gasteiger partial charge >= 0.3 is 29.9 Å². The minimum atomic E-state index is -5.47. The van der Waals surface area contributed by atoms with Crippen LogP contribution in [0.1, 0.15) is 48.5 Å². The summed E-state index contributed by atoms with van der Waals surface area (Å²) in [6, 6.07) is 10.2. The van der Waals surface area contributed by atoms with Crippen LogP contribution in [-0.4, -0.2) is 135 Å². The third-order valence-corrected chi connectivity index (χ3v) is 14.3. The molecule has 5 aromatic rings. The first kappa shape index (κ1) is 57.6. The second kappa shape index (κ2) is 24.9. The molecule has 0 bridgehead atoms. The van der Waals surface area contributed by atoms with Gasteiger partial charge in [0, 0.05) is 43.5 Å². The van der Waals surface area contributed by atoms with Gasteiger partial charge in [-0.25, -0.2) is 24.3 Å². The fourth-order valence-corrected chi connectivity index (χ4v) is 10.3. The summed E-state index contributed by atoms with van der Waals surface area (Å²) in [5, 5.41) is 39.2. The number of nitrogen functional groups attached to an aromatic ring is 2. The number of aromatic nitrogens is 6. The first-order valence-electron chi connectivity index (χ1n) is 22.5. The number of unbranched alkanes of at least 4 members (excludes halogenated alkanes) is 1. The highest BCUT2D eigenvalue weighted by atomic mass is 31.2. The van der Waals surface area contributed by atoms with Crippen LogP contribution in [0.25, 0.3) is 11.2 Å². The summed E-state index contributed by atoms with van der Waals surface area (Å²) in [4.78, 5) is 132. The van der Waals surface area contributed by atoms with E-state index in [0.29, 0.717) is 4.57 Å². The van der Waals surface area contributed by atoms with E-state index >= 15 is 0 Å². The molecule has 10 atom stereocenters. The van der Waals surface area contributed by atoms with Crippen LogP contribution in [0.3, 0.4) is 0 Å². The number of imidazole rings is 1. The molecule has 76 heavy (non-hydrogen) atoms. The number of H-pyrrole nitrogens is 1. The Morgan fingerprint density at radius 1 is 0.908 bits per heavy atom. The smallest absolute Gasteiger partial charge is 0.472 e. The van der Waals surface area contributed by atoms with Crippen molar-refractivity contribution in [1.29, 1.82) is 0 Å². The van der Waals surface area contributed by atoms with E-state index in [1.807, 2.05) is 4.98 Å². The van der Waals surface area contributed by atoms with E-state index in [0.717, 1.165) is 36.8 Å². The van der Waals surface area contributed by atoms with Gasteiger partial charge in [0.25, 0.3) is 22.8 Å². The van der Waals surface area contributed by atoms with Crippen molar-refractivity contribution in [3.8, 4) is 0 Å². The molecule has 11 N–H and O–H groups in total. The number of nitrogens with two attached hydrogens (primary N) is 2. The number of nitrogens with zero attached hydrogens (tertiary/aromatic N) is 7. The van der Waals surface area contributed by atoms with Gasteiger partial charge in [-0.2, -0.15) is 27.9 Å². The molecular weight excluding hydrogens is 1080 g/mol. The molecule has 0 spiro atoms. The topological polar surface area (TPSA) is 496 Å². The number of phosphoric ester groups is 3. The number of non-ortho nitro benzene ring substituents is 1. The van der Waals surface area contributed by atoms with Gasteiger partial charge in [-0.1, -0.05) is 12.1 Å². The van der Waals surface area contributed by atoms with Crippen molar-refractivity contribution in [3.05, 3.63) is 114 Å². The van der Waals surface area contributed by atoms with E-state index in [9.17, 15) is 68.8 Å². The molecule has 5 heterocycles. The number of aliphatic hydroxyl groups excluding tert-OH is 1. The number of fused-ring (bicyclic) bond motifs is 1. The third-order valence-electron chi connectivity index (χ3n) is 11.2. The molecule has 1 amide bonds. The number of hydrogen-bond donors (Lipinski definition) is 9.